The molecular formula is C8H5BBrF4K. The topological polar surface area (TPSA) is 0 Å². The molecule has 0 spiro atoms. The summed E-state index contributed by atoms with van der Waals surface area (Å²) in [5, 5.41) is 0. The molecule has 0 aromatic heterocycles. The summed E-state index contributed by atoms with van der Waals surface area (Å²) >= 11 is 3.02. The Morgan fingerprint density at radius 1 is 1.20 bits per heavy atom. The number of hydrogen-bond donors (Lipinski definition) is 0. The first-order chi connectivity index (χ1) is 6.38. The van der Waals surface area contributed by atoms with Crippen LogP contribution < -0.4 is 51.4 Å². The molecule has 15 heavy (non-hydrogen) atoms. The zero-order chi connectivity index (χ0) is 10.8. The van der Waals surface area contributed by atoms with Crippen molar-refractivity contribution < 1.29 is 68.7 Å². The number of hydrogen-bond acceptors (Lipinski definition) is 0. The number of benzene rings is 1. The van der Waals surface area contributed by atoms with Crippen molar-refractivity contribution in [1.82, 2.24) is 0 Å². The van der Waals surface area contributed by atoms with Gasteiger partial charge in [-0.3, -0.25) is 0 Å². The fourth-order valence-electron chi connectivity index (χ4n) is 0.855. The molecule has 0 radical (unpaired) electrons. The Morgan fingerprint density at radius 3 is 2.33 bits per heavy atom. The van der Waals surface area contributed by atoms with Crippen LogP contribution in [0.1, 0.15) is 5.56 Å². The fraction of sp³-hybridized carbons (Fsp3) is 0. The van der Waals surface area contributed by atoms with E-state index in [-0.39, 0.29) is 62.9 Å². The van der Waals surface area contributed by atoms with Crippen molar-refractivity contribution in [3.63, 3.8) is 0 Å². The Bertz CT molecular complexity index is 364. The van der Waals surface area contributed by atoms with Crippen LogP contribution in [-0.4, -0.2) is 6.98 Å². The van der Waals surface area contributed by atoms with Crippen LogP contribution in [0.3, 0.4) is 0 Å². The van der Waals surface area contributed by atoms with Crippen molar-refractivity contribution in [1.29, 1.82) is 0 Å². The van der Waals surface area contributed by atoms with E-state index in [4.69, 9.17) is 0 Å². The van der Waals surface area contributed by atoms with Crippen LogP contribution in [0.5, 0.6) is 0 Å². The van der Waals surface area contributed by atoms with Gasteiger partial charge in [0.2, 0.25) is 0 Å². The fourth-order valence-corrected chi connectivity index (χ4v) is 1.23. The van der Waals surface area contributed by atoms with E-state index in [1.165, 1.54) is 12.1 Å². The molecular weight excluding hydrogens is 302 g/mol. The van der Waals surface area contributed by atoms with Crippen LogP contribution in [0.2, 0.25) is 0 Å². The third kappa shape index (κ3) is 6.23. The maximum Gasteiger partial charge on any atom is 1.00 e. The molecule has 0 saturated carbocycles. The largest absolute Gasteiger partial charge is 1.00 e. The summed E-state index contributed by atoms with van der Waals surface area (Å²) in [4.78, 5) is 0. The summed E-state index contributed by atoms with van der Waals surface area (Å²) in [7, 11) is 0. The van der Waals surface area contributed by atoms with E-state index in [2.05, 4.69) is 15.9 Å². The van der Waals surface area contributed by atoms with Gasteiger partial charge in [0.05, 0.1) is 0 Å². The molecule has 1 aromatic rings. The molecule has 0 amide bonds. The standard InChI is InChI=1S/C8H5BBrF4.K/c10-8-2-1-7(11)5-6(8)3-4-9(12,13)14;/h1-5H;/q-1;+1/b4-3+;. The van der Waals surface area contributed by atoms with Gasteiger partial charge < -0.3 is 12.9 Å². The van der Waals surface area contributed by atoms with Crippen molar-refractivity contribution in [2.24, 2.45) is 0 Å². The molecule has 7 heteroatoms. The zero-order valence-corrected chi connectivity index (χ0v) is 12.6. The predicted octanol–water partition coefficient (Wildman–Crippen LogP) is 0.992. The number of rotatable bonds is 2. The Kier molecular flexibility index (Phi) is 6.94. The van der Waals surface area contributed by atoms with Crippen molar-refractivity contribution in [3.05, 3.63) is 40.0 Å². The minimum absolute atomic E-state index is 0. The van der Waals surface area contributed by atoms with E-state index in [1.807, 2.05) is 0 Å². The van der Waals surface area contributed by atoms with Crippen molar-refractivity contribution in [3.8, 4) is 0 Å². The minimum atomic E-state index is -4.98. The van der Waals surface area contributed by atoms with Gasteiger partial charge in [-0.05, 0) is 23.8 Å². The van der Waals surface area contributed by atoms with E-state index in [1.54, 1.807) is 0 Å². The van der Waals surface area contributed by atoms with Crippen molar-refractivity contribution in [2.75, 3.05) is 0 Å². The van der Waals surface area contributed by atoms with Gasteiger partial charge >= 0.3 is 58.4 Å². The van der Waals surface area contributed by atoms with Gasteiger partial charge in [-0.15, -0.1) is 5.98 Å². The Balaban J connectivity index is 0.00000196. The van der Waals surface area contributed by atoms with Gasteiger partial charge in [0.1, 0.15) is 5.82 Å². The second-order valence-electron chi connectivity index (χ2n) is 2.65. The Morgan fingerprint density at radius 2 is 1.80 bits per heavy atom. The van der Waals surface area contributed by atoms with Crippen molar-refractivity contribution in [2.45, 2.75) is 0 Å². The molecule has 1 aromatic carbocycles. The molecule has 0 aliphatic carbocycles. The Labute approximate surface area is 136 Å². The molecule has 0 nitrogen and oxygen atoms in total. The molecule has 0 saturated heterocycles. The molecule has 0 unspecified atom stereocenters. The smallest absolute Gasteiger partial charge is 0.445 e. The van der Waals surface area contributed by atoms with Gasteiger partial charge in [0.15, 0.2) is 0 Å². The van der Waals surface area contributed by atoms with Crippen LogP contribution in [-0.2, 0) is 0 Å². The first-order valence-corrected chi connectivity index (χ1v) is 4.52. The van der Waals surface area contributed by atoms with E-state index >= 15 is 0 Å². The first-order valence-electron chi connectivity index (χ1n) is 3.73. The third-order valence-corrected chi connectivity index (χ3v) is 2.17. The van der Waals surface area contributed by atoms with Crippen LogP contribution in [0.25, 0.3) is 6.08 Å². The molecule has 0 atom stereocenters. The molecule has 76 valence electrons. The Hall–Kier alpha value is 0.861. The molecule has 0 fully saturated rings. The molecule has 0 bridgehead atoms. The van der Waals surface area contributed by atoms with Crippen molar-refractivity contribution >= 4 is 29.0 Å². The maximum atomic E-state index is 12.6. The predicted molar refractivity (Wildman–Crippen MR) is 52.2 cm³/mol. The van der Waals surface area contributed by atoms with E-state index < -0.39 is 12.8 Å². The van der Waals surface area contributed by atoms with E-state index in [9.17, 15) is 17.3 Å². The average molecular weight is 307 g/mol. The molecule has 1 rings (SSSR count). The van der Waals surface area contributed by atoms with Crippen LogP contribution >= 0.6 is 15.9 Å². The monoisotopic (exact) mass is 306 g/mol. The van der Waals surface area contributed by atoms with E-state index in [0.717, 1.165) is 12.1 Å². The van der Waals surface area contributed by atoms with Crippen LogP contribution in [0.4, 0.5) is 17.3 Å². The summed E-state index contributed by atoms with van der Waals surface area (Å²) < 4.78 is 48.6. The molecule has 0 heterocycles. The zero-order valence-electron chi connectivity index (χ0n) is 7.85. The maximum absolute atomic E-state index is 12.6. The summed E-state index contributed by atoms with van der Waals surface area (Å²) in [5.74, 6) is -0.443. The minimum Gasteiger partial charge on any atom is -0.445 e. The molecule has 0 aliphatic heterocycles. The summed E-state index contributed by atoms with van der Waals surface area (Å²) in [6.45, 7) is -4.98. The normalized spacial score (nSPS) is 11.5. The second kappa shape index (κ2) is 6.56. The first kappa shape index (κ1) is 15.9. The average Bonchev–Trinajstić information content (AvgIpc) is 2.05. The van der Waals surface area contributed by atoms with Gasteiger partial charge in [0.25, 0.3) is 0 Å². The van der Waals surface area contributed by atoms with Gasteiger partial charge in [-0.25, -0.2) is 4.39 Å². The second-order valence-corrected chi connectivity index (χ2v) is 3.50. The molecule has 0 N–H and O–H groups in total. The quantitative estimate of drug-likeness (QED) is 0.565. The summed E-state index contributed by atoms with van der Waals surface area (Å²) in [5.41, 5.74) is 0.171. The number of halogens is 5. The SMILES string of the molecule is Fc1ccc(Br)c(/C=C/[B-](F)(F)F)c1.[K+]. The van der Waals surface area contributed by atoms with Crippen LogP contribution in [0, 0.1) is 5.82 Å². The van der Waals surface area contributed by atoms with Gasteiger partial charge in [-0.2, -0.15) is 0 Å². The molecule has 0 aliphatic rings. The van der Waals surface area contributed by atoms with Crippen LogP contribution in [0.15, 0.2) is 28.6 Å². The summed E-state index contributed by atoms with van der Waals surface area (Å²) in [6, 6.07) is 3.56. The van der Waals surface area contributed by atoms with Gasteiger partial charge in [0, 0.05) is 4.47 Å². The third-order valence-electron chi connectivity index (χ3n) is 1.45. The van der Waals surface area contributed by atoms with E-state index in [0.29, 0.717) is 4.47 Å². The summed E-state index contributed by atoms with van der Waals surface area (Å²) in [6.07, 6.45) is 0.840. The van der Waals surface area contributed by atoms with Gasteiger partial charge in [-0.1, -0.05) is 22.0 Å².